The first kappa shape index (κ1) is 13.8. The van der Waals surface area contributed by atoms with Crippen molar-refractivity contribution in [1.82, 2.24) is 0 Å². The Kier molecular flexibility index (Phi) is 4.46. The van der Waals surface area contributed by atoms with Crippen LogP contribution < -0.4 is 15.2 Å². The highest BCUT2D eigenvalue weighted by Crippen LogP contribution is 2.27. The summed E-state index contributed by atoms with van der Waals surface area (Å²) in [6, 6.07) is 14.8. The fourth-order valence-electron chi connectivity index (χ4n) is 1.81. The fourth-order valence-corrected chi connectivity index (χ4v) is 1.81. The molecule has 0 bridgehead atoms. The number of hydrogen-bond donors (Lipinski definition) is 1. The van der Waals surface area contributed by atoms with Crippen molar-refractivity contribution < 1.29 is 9.47 Å². The van der Waals surface area contributed by atoms with Crippen LogP contribution >= 0.6 is 0 Å². The molecule has 0 amide bonds. The van der Waals surface area contributed by atoms with Crippen molar-refractivity contribution >= 4 is 5.69 Å². The number of benzene rings is 2. The lowest BCUT2D eigenvalue weighted by Gasteiger charge is -2.10. The van der Waals surface area contributed by atoms with Crippen LogP contribution in [0.2, 0.25) is 0 Å². The minimum absolute atomic E-state index is 0.266. The molecule has 0 saturated heterocycles. The van der Waals surface area contributed by atoms with Crippen LogP contribution in [-0.4, -0.2) is 6.61 Å². The van der Waals surface area contributed by atoms with Crippen LogP contribution in [0.15, 0.2) is 42.5 Å². The van der Waals surface area contributed by atoms with E-state index in [0.29, 0.717) is 23.8 Å². The summed E-state index contributed by atoms with van der Waals surface area (Å²) >= 11 is 0. The third kappa shape index (κ3) is 3.42. The van der Waals surface area contributed by atoms with Crippen LogP contribution in [0.4, 0.5) is 5.69 Å². The molecule has 0 aliphatic rings. The highest BCUT2D eigenvalue weighted by atomic mass is 16.5. The number of nitrogens with zero attached hydrogens (tertiary/aromatic N) is 1. The second-order valence-corrected chi connectivity index (χ2v) is 4.21. The van der Waals surface area contributed by atoms with E-state index in [0.717, 1.165) is 11.3 Å². The lowest BCUT2D eigenvalue weighted by molar-refractivity contribution is 0.338. The van der Waals surface area contributed by atoms with Gasteiger partial charge in [-0.05, 0) is 42.8 Å². The number of hydrogen-bond acceptors (Lipinski definition) is 4. The Morgan fingerprint density at radius 2 is 1.85 bits per heavy atom. The maximum Gasteiger partial charge on any atom is 0.131 e. The molecule has 0 aromatic heterocycles. The van der Waals surface area contributed by atoms with Gasteiger partial charge in [-0.25, -0.2) is 0 Å². The van der Waals surface area contributed by atoms with Crippen molar-refractivity contribution in [3.63, 3.8) is 0 Å². The highest BCUT2D eigenvalue weighted by Gasteiger charge is 2.04. The van der Waals surface area contributed by atoms with E-state index in [4.69, 9.17) is 20.5 Å². The molecule has 0 aliphatic carbocycles. The monoisotopic (exact) mass is 268 g/mol. The molecular formula is C16H16N2O2. The molecule has 2 aromatic rings. The average molecular weight is 268 g/mol. The predicted molar refractivity (Wildman–Crippen MR) is 77.9 cm³/mol. The second-order valence-electron chi connectivity index (χ2n) is 4.21. The van der Waals surface area contributed by atoms with Crippen molar-refractivity contribution in [2.24, 2.45) is 0 Å². The van der Waals surface area contributed by atoms with Crippen LogP contribution in [0, 0.1) is 11.3 Å². The first-order valence-corrected chi connectivity index (χ1v) is 6.39. The Morgan fingerprint density at radius 3 is 2.60 bits per heavy atom. The lowest BCUT2D eigenvalue weighted by Crippen LogP contribution is -1.95. The molecule has 4 nitrogen and oxygen atoms in total. The smallest absolute Gasteiger partial charge is 0.131 e. The van der Waals surface area contributed by atoms with Gasteiger partial charge in [0, 0.05) is 11.8 Å². The van der Waals surface area contributed by atoms with Gasteiger partial charge in [-0.2, -0.15) is 5.26 Å². The van der Waals surface area contributed by atoms with E-state index in [1.165, 1.54) is 0 Å². The molecule has 0 aliphatic heterocycles. The van der Waals surface area contributed by atoms with Gasteiger partial charge in [-0.15, -0.1) is 0 Å². The Morgan fingerprint density at radius 1 is 1.10 bits per heavy atom. The quantitative estimate of drug-likeness (QED) is 0.842. The van der Waals surface area contributed by atoms with Crippen LogP contribution in [0.5, 0.6) is 17.2 Å². The Balaban J connectivity index is 2.19. The summed E-state index contributed by atoms with van der Waals surface area (Å²) in [4.78, 5) is 0. The van der Waals surface area contributed by atoms with Gasteiger partial charge < -0.3 is 15.2 Å². The Hall–Kier alpha value is -2.67. The van der Waals surface area contributed by atoms with Crippen molar-refractivity contribution in [1.29, 1.82) is 5.26 Å². The number of nitriles is 1. The molecule has 20 heavy (non-hydrogen) atoms. The zero-order valence-corrected chi connectivity index (χ0v) is 11.3. The van der Waals surface area contributed by atoms with Crippen LogP contribution in [0.3, 0.4) is 0 Å². The van der Waals surface area contributed by atoms with Crippen molar-refractivity contribution in [3.8, 4) is 23.3 Å². The van der Waals surface area contributed by atoms with Gasteiger partial charge >= 0.3 is 0 Å². The van der Waals surface area contributed by atoms with E-state index < -0.39 is 0 Å². The maximum absolute atomic E-state index is 8.76. The second kappa shape index (κ2) is 6.48. The summed E-state index contributed by atoms with van der Waals surface area (Å²) in [5, 5.41) is 8.76. The van der Waals surface area contributed by atoms with Gasteiger partial charge in [-0.3, -0.25) is 0 Å². The number of rotatable bonds is 5. The van der Waals surface area contributed by atoms with E-state index in [1.54, 1.807) is 18.2 Å². The number of anilines is 1. The molecule has 0 heterocycles. The van der Waals surface area contributed by atoms with Crippen LogP contribution in [0.1, 0.15) is 12.5 Å². The molecule has 0 fully saturated rings. The van der Waals surface area contributed by atoms with E-state index >= 15 is 0 Å². The number of ether oxygens (including phenoxy) is 2. The number of nitrogen functional groups attached to an aromatic ring is 1. The Bertz CT molecular complexity index is 633. The molecule has 0 unspecified atom stereocenters. The highest BCUT2D eigenvalue weighted by molar-refractivity contribution is 5.52. The third-order valence-corrected chi connectivity index (χ3v) is 2.74. The first-order valence-electron chi connectivity index (χ1n) is 6.39. The predicted octanol–water partition coefficient (Wildman–Crippen LogP) is 3.53. The van der Waals surface area contributed by atoms with E-state index in [2.05, 4.69) is 6.07 Å². The van der Waals surface area contributed by atoms with Gasteiger partial charge in [0.1, 0.15) is 17.2 Å². The SMILES string of the molecule is CCOc1cccc(Oc2ccc(N)c(CC#N)c2)c1. The molecule has 4 heteroatoms. The largest absolute Gasteiger partial charge is 0.494 e. The number of nitrogens with two attached hydrogens (primary N) is 1. The first-order chi connectivity index (χ1) is 9.72. The summed E-state index contributed by atoms with van der Waals surface area (Å²) in [7, 11) is 0. The van der Waals surface area contributed by atoms with Crippen molar-refractivity contribution in [2.75, 3.05) is 12.3 Å². The molecule has 0 atom stereocenters. The molecular weight excluding hydrogens is 252 g/mol. The maximum atomic E-state index is 8.76. The topological polar surface area (TPSA) is 68.3 Å². The lowest BCUT2D eigenvalue weighted by atomic mass is 10.1. The summed E-state index contributed by atoms with van der Waals surface area (Å²) < 4.78 is 11.2. The molecule has 2 rings (SSSR count). The minimum atomic E-state index is 0.266. The minimum Gasteiger partial charge on any atom is -0.494 e. The molecule has 102 valence electrons. The summed E-state index contributed by atoms with van der Waals surface area (Å²) in [6.07, 6.45) is 0.266. The van der Waals surface area contributed by atoms with Gasteiger partial charge in [0.05, 0.1) is 19.1 Å². The summed E-state index contributed by atoms with van der Waals surface area (Å²) in [5.74, 6) is 2.10. The van der Waals surface area contributed by atoms with Crippen molar-refractivity contribution in [2.45, 2.75) is 13.3 Å². The molecule has 0 radical (unpaired) electrons. The van der Waals surface area contributed by atoms with Gasteiger partial charge in [0.25, 0.3) is 0 Å². The van der Waals surface area contributed by atoms with Gasteiger partial charge in [0.15, 0.2) is 0 Å². The van der Waals surface area contributed by atoms with Gasteiger partial charge in [-0.1, -0.05) is 6.07 Å². The Labute approximate surface area is 118 Å². The fraction of sp³-hybridized carbons (Fsp3) is 0.188. The normalized spacial score (nSPS) is 9.80. The van der Waals surface area contributed by atoms with Crippen LogP contribution in [0.25, 0.3) is 0 Å². The average Bonchev–Trinajstić information content (AvgIpc) is 2.44. The molecule has 0 saturated carbocycles. The van der Waals surface area contributed by atoms with E-state index in [-0.39, 0.29) is 6.42 Å². The third-order valence-electron chi connectivity index (χ3n) is 2.74. The molecule has 0 spiro atoms. The standard InChI is InChI=1S/C16H16N2O2/c1-2-19-13-4-3-5-14(11-13)20-15-6-7-16(18)12(10-15)8-9-17/h3-7,10-11H,2,8,18H2,1H3. The van der Waals surface area contributed by atoms with Crippen molar-refractivity contribution in [3.05, 3.63) is 48.0 Å². The zero-order chi connectivity index (χ0) is 14.4. The molecule has 2 aromatic carbocycles. The summed E-state index contributed by atoms with van der Waals surface area (Å²) in [6.45, 7) is 2.54. The van der Waals surface area contributed by atoms with E-state index in [1.807, 2.05) is 31.2 Å². The zero-order valence-electron chi connectivity index (χ0n) is 11.3. The molecule has 2 N–H and O–H groups in total. The van der Waals surface area contributed by atoms with E-state index in [9.17, 15) is 0 Å². The summed E-state index contributed by atoms with van der Waals surface area (Å²) in [5.41, 5.74) is 7.17. The van der Waals surface area contributed by atoms with Crippen LogP contribution in [-0.2, 0) is 6.42 Å². The van der Waals surface area contributed by atoms with Gasteiger partial charge in [0.2, 0.25) is 0 Å².